The summed E-state index contributed by atoms with van der Waals surface area (Å²) in [5.74, 6) is 0.135. The summed E-state index contributed by atoms with van der Waals surface area (Å²) in [4.78, 5) is 37.3. The summed E-state index contributed by atoms with van der Waals surface area (Å²) in [5, 5.41) is 12.5. The van der Waals surface area contributed by atoms with Crippen LogP contribution in [0.3, 0.4) is 0 Å². The third-order valence-corrected chi connectivity index (χ3v) is 5.59. The Labute approximate surface area is 191 Å². The molecule has 2 amide bonds. The number of hydrogen-bond acceptors (Lipinski definition) is 6. The van der Waals surface area contributed by atoms with Crippen LogP contribution in [0.2, 0.25) is 0 Å². The maximum absolute atomic E-state index is 12.6. The van der Waals surface area contributed by atoms with Gasteiger partial charge in [0.1, 0.15) is 24.1 Å². The highest BCUT2D eigenvalue weighted by Crippen LogP contribution is 2.24. The lowest BCUT2D eigenvalue weighted by Gasteiger charge is -2.32. The zero-order chi connectivity index (χ0) is 23.0. The molecule has 0 saturated carbocycles. The molecule has 2 aromatic carbocycles. The summed E-state index contributed by atoms with van der Waals surface area (Å²) in [5.41, 5.74) is 2.62. The second kappa shape index (κ2) is 10.5. The van der Waals surface area contributed by atoms with Gasteiger partial charge in [-0.05, 0) is 12.1 Å². The van der Waals surface area contributed by atoms with Crippen LogP contribution in [0.5, 0.6) is 5.75 Å². The van der Waals surface area contributed by atoms with E-state index in [0.717, 1.165) is 11.1 Å². The van der Waals surface area contributed by atoms with Gasteiger partial charge in [0.2, 0.25) is 5.91 Å². The minimum absolute atomic E-state index is 0.0437. The summed E-state index contributed by atoms with van der Waals surface area (Å²) in [7, 11) is 0. The Morgan fingerprint density at radius 2 is 1.82 bits per heavy atom. The number of aromatic nitrogens is 2. The van der Waals surface area contributed by atoms with Gasteiger partial charge in [0.15, 0.2) is 0 Å². The van der Waals surface area contributed by atoms with E-state index in [2.05, 4.69) is 20.7 Å². The van der Waals surface area contributed by atoms with Crippen LogP contribution in [0.4, 0.5) is 0 Å². The van der Waals surface area contributed by atoms with Crippen molar-refractivity contribution in [2.24, 2.45) is 5.18 Å². The number of piperidine rings is 1. The fourth-order valence-corrected chi connectivity index (χ4v) is 3.78. The number of H-pyrrole nitrogens is 1. The molecule has 0 unspecified atom stereocenters. The third kappa shape index (κ3) is 5.62. The molecule has 1 aliphatic rings. The molecule has 0 atom stereocenters. The summed E-state index contributed by atoms with van der Waals surface area (Å²) in [6, 6.07) is 18.5. The van der Waals surface area contributed by atoms with Crippen LogP contribution in [0.1, 0.15) is 28.9 Å². The van der Waals surface area contributed by atoms with Gasteiger partial charge in [0.05, 0.1) is 12.2 Å². The molecule has 9 heteroatoms. The number of aromatic amines is 1. The van der Waals surface area contributed by atoms with Gasteiger partial charge < -0.3 is 15.0 Å². The molecule has 9 nitrogen and oxygen atoms in total. The lowest BCUT2D eigenvalue weighted by Crippen LogP contribution is -2.46. The van der Waals surface area contributed by atoms with Gasteiger partial charge in [0.25, 0.3) is 5.91 Å². The number of benzene rings is 2. The number of ether oxygens (including phenoxy) is 1. The van der Waals surface area contributed by atoms with E-state index in [1.165, 1.54) is 0 Å². The van der Waals surface area contributed by atoms with Gasteiger partial charge in [-0.1, -0.05) is 53.7 Å². The number of rotatable bonds is 8. The lowest BCUT2D eigenvalue weighted by atomic mass is 10.1. The Morgan fingerprint density at radius 3 is 2.58 bits per heavy atom. The second-order valence-electron chi connectivity index (χ2n) is 7.81. The first-order valence-electron chi connectivity index (χ1n) is 10.8. The zero-order valence-electron chi connectivity index (χ0n) is 18.1. The minimum Gasteiger partial charge on any atom is -0.490 e. The van der Waals surface area contributed by atoms with Crippen molar-refractivity contribution in [3.8, 4) is 17.0 Å². The molecule has 0 radical (unpaired) electrons. The average molecular weight is 447 g/mol. The average Bonchev–Trinajstić information content (AvgIpc) is 3.35. The molecule has 2 N–H and O–H groups in total. The number of nitrogens with zero attached hydrogens (tertiary/aromatic N) is 3. The van der Waals surface area contributed by atoms with Crippen LogP contribution in [0, 0.1) is 4.91 Å². The topological polar surface area (TPSA) is 117 Å². The van der Waals surface area contributed by atoms with E-state index in [1.807, 2.05) is 54.6 Å². The van der Waals surface area contributed by atoms with Crippen molar-refractivity contribution < 1.29 is 14.3 Å². The summed E-state index contributed by atoms with van der Waals surface area (Å²) in [6.45, 7) is 1.06. The van der Waals surface area contributed by atoms with Gasteiger partial charge in [-0.2, -0.15) is 10.0 Å². The SMILES string of the molecule is O=NCc1ccccc1OC1CCN(C(=O)CNC(=O)c2cc(-c3ccccc3)n[nH]2)CC1. The third-order valence-electron chi connectivity index (χ3n) is 5.59. The van der Waals surface area contributed by atoms with Crippen LogP contribution < -0.4 is 10.1 Å². The maximum Gasteiger partial charge on any atom is 0.269 e. The number of nitrogens with one attached hydrogen (secondary N) is 2. The molecule has 3 aromatic rings. The number of amides is 2. The quantitative estimate of drug-likeness (QED) is 0.515. The van der Waals surface area contributed by atoms with Crippen molar-refractivity contribution >= 4 is 11.8 Å². The van der Waals surface area contributed by atoms with Crippen molar-refractivity contribution in [1.82, 2.24) is 20.4 Å². The fourth-order valence-electron chi connectivity index (χ4n) is 3.78. The normalized spacial score (nSPS) is 14.0. The molecule has 170 valence electrons. The Hall–Kier alpha value is -4.01. The van der Waals surface area contributed by atoms with Gasteiger partial charge in [-0.3, -0.25) is 14.7 Å². The van der Waals surface area contributed by atoms with Crippen molar-refractivity contribution in [3.63, 3.8) is 0 Å². The standard InChI is InChI=1S/C24H25N5O4/c30-23(16-25-24(31)21-14-20(27-28-21)17-6-2-1-3-7-17)29-12-10-19(11-13-29)33-22-9-5-4-8-18(22)15-26-32/h1-9,14,19H,10-13,15-16H2,(H,25,31)(H,27,28). The van der Waals surface area contributed by atoms with E-state index in [1.54, 1.807) is 11.0 Å². The van der Waals surface area contributed by atoms with Crippen LogP contribution >= 0.6 is 0 Å². The molecule has 1 aliphatic heterocycles. The van der Waals surface area contributed by atoms with E-state index in [-0.39, 0.29) is 31.0 Å². The molecule has 1 fully saturated rings. The predicted octanol–water partition coefficient (Wildman–Crippen LogP) is 3.14. The molecule has 2 heterocycles. The van der Waals surface area contributed by atoms with Gasteiger partial charge in [-0.25, -0.2) is 0 Å². The minimum atomic E-state index is -0.378. The van der Waals surface area contributed by atoms with Gasteiger partial charge in [0, 0.05) is 37.1 Å². The first-order chi connectivity index (χ1) is 16.1. The van der Waals surface area contributed by atoms with Crippen LogP contribution in [0.15, 0.2) is 65.8 Å². The molecule has 0 spiro atoms. The van der Waals surface area contributed by atoms with Gasteiger partial charge in [-0.15, -0.1) is 0 Å². The number of likely N-dealkylation sites (tertiary alicyclic amines) is 1. The van der Waals surface area contributed by atoms with Gasteiger partial charge >= 0.3 is 0 Å². The fraction of sp³-hybridized carbons (Fsp3) is 0.292. The zero-order valence-corrected chi connectivity index (χ0v) is 18.1. The second-order valence-corrected chi connectivity index (χ2v) is 7.81. The van der Waals surface area contributed by atoms with E-state index >= 15 is 0 Å². The number of hydrogen-bond donors (Lipinski definition) is 2. The Balaban J connectivity index is 1.24. The highest BCUT2D eigenvalue weighted by molar-refractivity contribution is 5.95. The van der Waals surface area contributed by atoms with Crippen LogP contribution in [0.25, 0.3) is 11.3 Å². The van der Waals surface area contributed by atoms with Crippen LogP contribution in [-0.2, 0) is 11.3 Å². The summed E-state index contributed by atoms with van der Waals surface area (Å²) >= 11 is 0. The molecular weight excluding hydrogens is 422 g/mol. The van der Waals surface area contributed by atoms with E-state index < -0.39 is 0 Å². The molecule has 0 bridgehead atoms. The Morgan fingerprint density at radius 1 is 1.09 bits per heavy atom. The highest BCUT2D eigenvalue weighted by atomic mass is 16.5. The van der Waals surface area contributed by atoms with E-state index in [4.69, 9.17) is 4.74 Å². The number of nitroso groups, excluding NO2 is 1. The van der Waals surface area contributed by atoms with Crippen molar-refractivity contribution in [1.29, 1.82) is 0 Å². The molecule has 1 aromatic heterocycles. The molecular formula is C24H25N5O4. The van der Waals surface area contributed by atoms with Crippen molar-refractivity contribution in [2.45, 2.75) is 25.5 Å². The highest BCUT2D eigenvalue weighted by Gasteiger charge is 2.25. The smallest absolute Gasteiger partial charge is 0.269 e. The Bertz CT molecular complexity index is 1110. The maximum atomic E-state index is 12.6. The molecule has 33 heavy (non-hydrogen) atoms. The number of para-hydroxylation sites is 1. The lowest BCUT2D eigenvalue weighted by molar-refractivity contribution is -0.131. The molecule has 0 aliphatic carbocycles. The van der Waals surface area contributed by atoms with E-state index in [9.17, 15) is 14.5 Å². The summed E-state index contributed by atoms with van der Waals surface area (Å²) < 4.78 is 6.04. The predicted molar refractivity (Wildman–Crippen MR) is 123 cm³/mol. The number of carbonyl (C=O) groups is 2. The first kappa shape index (κ1) is 22.2. The van der Waals surface area contributed by atoms with E-state index in [0.29, 0.717) is 43.1 Å². The van der Waals surface area contributed by atoms with Crippen molar-refractivity contribution in [2.75, 3.05) is 19.6 Å². The van der Waals surface area contributed by atoms with Crippen LogP contribution in [-0.4, -0.2) is 52.6 Å². The largest absolute Gasteiger partial charge is 0.490 e. The molecule has 1 saturated heterocycles. The molecule has 4 rings (SSSR count). The monoisotopic (exact) mass is 447 g/mol. The first-order valence-corrected chi connectivity index (χ1v) is 10.8. The summed E-state index contributed by atoms with van der Waals surface area (Å²) in [6.07, 6.45) is 1.30. The number of carbonyl (C=O) groups excluding carboxylic acids is 2. The Kier molecular flexibility index (Phi) is 7.09. The van der Waals surface area contributed by atoms with Crippen molar-refractivity contribution in [3.05, 3.63) is 76.8 Å².